The lowest BCUT2D eigenvalue weighted by atomic mass is 9.91. The molecule has 6 aromatic carbocycles. The Hall–Kier alpha value is -6.39. The van der Waals surface area contributed by atoms with Crippen molar-refractivity contribution in [2.45, 2.75) is 25.7 Å². The number of allylic oxidation sites excluding steroid dienone is 8. The second-order valence-electron chi connectivity index (χ2n) is 13.4. The number of furan rings is 1. The van der Waals surface area contributed by atoms with Crippen LogP contribution in [0.25, 0.3) is 83.0 Å². The number of rotatable bonds is 5. The number of hydrogen-bond acceptors (Lipinski definition) is 4. The second kappa shape index (κ2) is 12.2. The SMILES string of the molecule is C1=CC(C2=CCCC(c3nc(-c4ccc5ccccc5c4)nc(-c4cc(-c5cccc6oc7ccccc7c56)c5ccccc5c4)n3)=C2)=CCC1. The predicted octanol–water partition coefficient (Wildman–Crippen LogP) is 12.5. The van der Waals surface area contributed by atoms with Gasteiger partial charge in [0.2, 0.25) is 0 Å². The summed E-state index contributed by atoms with van der Waals surface area (Å²) in [6.07, 6.45) is 15.5. The van der Waals surface area contributed by atoms with E-state index in [4.69, 9.17) is 19.4 Å². The molecule has 0 spiro atoms. The minimum absolute atomic E-state index is 0.660. The lowest BCUT2D eigenvalue weighted by molar-refractivity contribution is 0.669. The monoisotopic (exact) mass is 655 g/mol. The van der Waals surface area contributed by atoms with Crippen LogP contribution in [0.2, 0.25) is 0 Å². The predicted molar refractivity (Wildman–Crippen MR) is 210 cm³/mol. The first-order chi connectivity index (χ1) is 25.2. The van der Waals surface area contributed by atoms with Gasteiger partial charge in [0.15, 0.2) is 17.5 Å². The van der Waals surface area contributed by atoms with Gasteiger partial charge in [0, 0.05) is 21.9 Å². The summed E-state index contributed by atoms with van der Waals surface area (Å²) in [6.45, 7) is 0. The Morgan fingerprint density at radius 3 is 2.10 bits per heavy atom. The van der Waals surface area contributed by atoms with E-state index in [0.717, 1.165) is 92.0 Å². The topological polar surface area (TPSA) is 51.8 Å². The van der Waals surface area contributed by atoms with Crippen LogP contribution in [-0.2, 0) is 0 Å². The summed E-state index contributed by atoms with van der Waals surface area (Å²) < 4.78 is 6.32. The van der Waals surface area contributed by atoms with Crippen LogP contribution in [0, 0.1) is 0 Å². The van der Waals surface area contributed by atoms with E-state index < -0.39 is 0 Å². The van der Waals surface area contributed by atoms with Crippen molar-refractivity contribution in [1.82, 2.24) is 15.0 Å². The molecular weight excluding hydrogens is 623 g/mol. The summed E-state index contributed by atoms with van der Waals surface area (Å²) in [4.78, 5) is 15.7. The van der Waals surface area contributed by atoms with Gasteiger partial charge in [-0.3, -0.25) is 0 Å². The highest BCUT2D eigenvalue weighted by Gasteiger charge is 2.20. The Balaban J connectivity index is 1.20. The van der Waals surface area contributed by atoms with Gasteiger partial charge in [-0.15, -0.1) is 0 Å². The van der Waals surface area contributed by atoms with Crippen molar-refractivity contribution in [3.63, 3.8) is 0 Å². The molecule has 2 heterocycles. The molecule has 0 bridgehead atoms. The fourth-order valence-electron chi connectivity index (χ4n) is 7.67. The third-order valence-corrected chi connectivity index (χ3v) is 10.2. The van der Waals surface area contributed by atoms with Crippen molar-refractivity contribution in [1.29, 1.82) is 0 Å². The van der Waals surface area contributed by atoms with Crippen molar-refractivity contribution in [3.8, 4) is 33.9 Å². The molecule has 0 radical (unpaired) electrons. The molecule has 8 aromatic rings. The Labute approximate surface area is 295 Å². The molecule has 0 aliphatic heterocycles. The minimum Gasteiger partial charge on any atom is -0.456 e. The van der Waals surface area contributed by atoms with Crippen LogP contribution in [0.1, 0.15) is 31.5 Å². The van der Waals surface area contributed by atoms with Crippen LogP contribution in [0.15, 0.2) is 167 Å². The van der Waals surface area contributed by atoms with Gasteiger partial charge in [-0.2, -0.15) is 0 Å². The fourth-order valence-corrected chi connectivity index (χ4v) is 7.67. The number of nitrogens with zero attached hydrogens (tertiary/aromatic N) is 3. The van der Waals surface area contributed by atoms with E-state index in [9.17, 15) is 0 Å². The van der Waals surface area contributed by atoms with Crippen LogP contribution < -0.4 is 0 Å². The zero-order valence-electron chi connectivity index (χ0n) is 28.0. The zero-order valence-corrected chi connectivity index (χ0v) is 28.0. The molecule has 10 rings (SSSR count). The molecular formula is C47H33N3O. The molecule has 0 saturated carbocycles. The summed E-state index contributed by atoms with van der Waals surface area (Å²) in [5, 5.41) is 6.86. The second-order valence-corrected chi connectivity index (χ2v) is 13.4. The van der Waals surface area contributed by atoms with Crippen molar-refractivity contribution in [3.05, 3.63) is 169 Å². The molecule has 242 valence electrons. The molecule has 2 aliphatic carbocycles. The number of hydrogen-bond donors (Lipinski definition) is 0. The molecule has 51 heavy (non-hydrogen) atoms. The van der Waals surface area contributed by atoms with Gasteiger partial charge in [0.05, 0.1) is 0 Å². The highest BCUT2D eigenvalue weighted by atomic mass is 16.3. The molecule has 2 aromatic heterocycles. The highest BCUT2D eigenvalue weighted by Crippen LogP contribution is 2.41. The van der Waals surface area contributed by atoms with Gasteiger partial charge < -0.3 is 4.42 Å². The smallest absolute Gasteiger partial charge is 0.164 e. The van der Waals surface area contributed by atoms with E-state index >= 15 is 0 Å². The molecule has 0 N–H and O–H groups in total. The third-order valence-electron chi connectivity index (χ3n) is 10.2. The Morgan fingerprint density at radius 1 is 0.490 bits per heavy atom. The van der Waals surface area contributed by atoms with Gasteiger partial charge in [0.1, 0.15) is 11.2 Å². The molecule has 0 amide bonds. The molecule has 0 atom stereocenters. The zero-order chi connectivity index (χ0) is 33.7. The quantitative estimate of drug-likeness (QED) is 0.185. The summed E-state index contributed by atoms with van der Waals surface area (Å²) in [6, 6.07) is 42.5. The van der Waals surface area contributed by atoms with Crippen LogP contribution in [0.4, 0.5) is 0 Å². The molecule has 4 nitrogen and oxygen atoms in total. The van der Waals surface area contributed by atoms with Crippen LogP contribution in [0.3, 0.4) is 0 Å². The summed E-state index contributed by atoms with van der Waals surface area (Å²) in [5.74, 6) is 2.06. The lowest BCUT2D eigenvalue weighted by Gasteiger charge is -2.17. The first kappa shape index (κ1) is 29.5. The largest absolute Gasteiger partial charge is 0.456 e. The standard InChI is InChI=1S/C47H33N3O/c1-2-12-30(13-3-1)33-17-10-18-35(26-33)45-48-46(36-25-24-31-14-4-5-15-32(31)27-36)50-47(49-45)37-28-34-16-6-7-19-38(34)41(29-37)39-21-11-23-43-44(39)40-20-8-9-22-42(40)51-43/h2,4-9,11-17,19-29H,1,3,10,18H2. The normalized spacial score (nSPS) is 14.6. The molecule has 4 heteroatoms. The number of aromatic nitrogens is 3. The van der Waals surface area contributed by atoms with E-state index in [1.54, 1.807) is 0 Å². The van der Waals surface area contributed by atoms with Crippen molar-refractivity contribution in [2.24, 2.45) is 0 Å². The number of benzene rings is 6. The molecule has 0 saturated heterocycles. The number of para-hydroxylation sites is 1. The number of fused-ring (bicyclic) bond motifs is 5. The molecule has 0 fully saturated rings. The summed E-state index contributed by atoms with van der Waals surface area (Å²) in [7, 11) is 0. The third kappa shape index (κ3) is 5.28. The first-order valence-electron chi connectivity index (χ1n) is 17.7. The average molecular weight is 656 g/mol. The maximum atomic E-state index is 6.32. The summed E-state index contributed by atoms with van der Waals surface area (Å²) in [5.41, 5.74) is 9.58. The minimum atomic E-state index is 0.660. The van der Waals surface area contributed by atoms with Crippen LogP contribution >= 0.6 is 0 Å². The van der Waals surface area contributed by atoms with E-state index in [2.05, 4.69) is 140 Å². The van der Waals surface area contributed by atoms with Gasteiger partial charge in [0.25, 0.3) is 0 Å². The van der Waals surface area contributed by atoms with E-state index in [-0.39, 0.29) is 0 Å². The van der Waals surface area contributed by atoms with Crippen molar-refractivity contribution in [2.75, 3.05) is 0 Å². The average Bonchev–Trinajstić information content (AvgIpc) is 3.60. The van der Waals surface area contributed by atoms with Gasteiger partial charge >= 0.3 is 0 Å². The van der Waals surface area contributed by atoms with Crippen LogP contribution in [0.5, 0.6) is 0 Å². The van der Waals surface area contributed by atoms with Crippen molar-refractivity contribution < 1.29 is 4.42 Å². The van der Waals surface area contributed by atoms with E-state index in [1.165, 1.54) is 21.9 Å². The highest BCUT2D eigenvalue weighted by molar-refractivity contribution is 6.15. The van der Waals surface area contributed by atoms with E-state index in [1.807, 2.05) is 12.1 Å². The Morgan fingerprint density at radius 2 is 1.22 bits per heavy atom. The fraction of sp³-hybridized carbons (Fsp3) is 0.0851. The molecule has 2 aliphatic rings. The van der Waals surface area contributed by atoms with Crippen molar-refractivity contribution >= 4 is 49.1 Å². The van der Waals surface area contributed by atoms with Gasteiger partial charge in [-0.1, -0.05) is 115 Å². The maximum absolute atomic E-state index is 6.32. The van der Waals surface area contributed by atoms with Crippen LogP contribution in [-0.4, -0.2) is 15.0 Å². The first-order valence-corrected chi connectivity index (χ1v) is 17.7. The lowest BCUT2D eigenvalue weighted by Crippen LogP contribution is -2.05. The maximum Gasteiger partial charge on any atom is 0.164 e. The van der Waals surface area contributed by atoms with Gasteiger partial charge in [-0.25, -0.2) is 15.0 Å². The van der Waals surface area contributed by atoms with Gasteiger partial charge in [-0.05, 0) is 111 Å². The Kier molecular flexibility index (Phi) is 7.05. The van der Waals surface area contributed by atoms with E-state index in [0.29, 0.717) is 11.6 Å². The Bertz CT molecular complexity index is 2810. The molecule has 0 unspecified atom stereocenters. The summed E-state index contributed by atoms with van der Waals surface area (Å²) >= 11 is 0.